The minimum Gasteiger partial charge on any atom is -0.381 e. The van der Waals surface area contributed by atoms with Crippen LogP contribution in [0, 0.1) is 5.92 Å². The van der Waals surface area contributed by atoms with Crippen LogP contribution in [0.2, 0.25) is 0 Å². The Labute approximate surface area is 152 Å². The van der Waals surface area contributed by atoms with Crippen LogP contribution in [0.1, 0.15) is 44.1 Å². The predicted molar refractivity (Wildman–Crippen MR) is 98.8 cm³/mol. The van der Waals surface area contributed by atoms with E-state index in [9.17, 15) is 4.79 Å². The second-order valence-corrected chi connectivity index (χ2v) is 8.16. The number of rotatable bonds is 4. The van der Waals surface area contributed by atoms with E-state index in [0.717, 1.165) is 56.2 Å². The Morgan fingerprint density at radius 1 is 1.33 bits per heavy atom. The summed E-state index contributed by atoms with van der Waals surface area (Å²) in [7, 11) is 0. The molecule has 2 atom stereocenters. The second kappa shape index (κ2) is 7.98. The number of nitrogens with two attached hydrogens (primary N) is 1. The van der Waals surface area contributed by atoms with Crippen molar-refractivity contribution in [1.82, 2.24) is 5.32 Å². The van der Waals surface area contributed by atoms with Crippen LogP contribution in [0.25, 0.3) is 0 Å². The first kappa shape index (κ1) is 17.9. The van der Waals surface area contributed by atoms with Crippen molar-refractivity contribution in [3.05, 3.63) is 34.3 Å². The third-order valence-corrected chi connectivity index (χ3v) is 6.07. The standard InChI is InChI=1S/C19H27BrN2O2/c20-16-5-2-4-15(12-16)19(7-9-24-10-8-19)13-22-18(23)14-3-1-6-17(21)11-14/h2,4-5,12,14,17H,1,3,6-11,13,21H2,(H,22,23). The van der Waals surface area contributed by atoms with Crippen LogP contribution in [-0.2, 0) is 14.9 Å². The summed E-state index contributed by atoms with van der Waals surface area (Å²) < 4.78 is 6.65. The first-order chi connectivity index (χ1) is 11.6. The third-order valence-electron chi connectivity index (χ3n) is 5.57. The number of benzene rings is 1. The average molecular weight is 395 g/mol. The van der Waals surface area contributed by atoms with Crippen molar-refractivity contribution in [2.75, 3.05) is 19.8 Å². The summed E-state index contributed by atoms with van der Waals surface area (Å²) in [5.74, 6) is 0.249. The van der Waals surface area contributed by atoms with Gasteiger partial charge in [0.1, 0.15) is 0 Å². The molecule has 2 fully saturated rings. The van der Waals surface area contributed by atoms with Gasteiger partial charge in [-0.15, -0.1) is 0 Å². The summed E-state index contributed by atoms with van der Waals surface area (Å²) in [4.78, 5) is 12.6. The quantitative estimate of drug-likeness (QED) is 0.824. The number of hydrogen-bond donors (Lipinski definition) is 2. The van der Waals surface area contributed by atoms with Crippen LogP contribution < -0.4 is 11.1 Å². The highest BCUT2D eigenvalue weighted by Gasteiger charge is 2.36. The molecule has 0 bridgehead atoms. The molecule has 0 aromatic heterocycles. The maximum atomic E-state index is 12.6. The average Bonchev–Trinajstić information content (AvgIpc) is 2.60. The molecular formula is C19H27BrN2O2. The Hall–Kier alpha value is -0.910. The Kier molecular flexibility index (Phi) is 5.95. The molecule has 1 aliphatic carbocycles. The highest BCUT2D eigenvalue weighted by molar-refractivity contribution is 9.10. The highest BCUT2D eigenvalue weighted by atomic mass is 79.9. The predicted octanol–water partition coefficient (Wildman–Crippen LogP) is 3.13. The lowest BCUT2D eigenvalue weighted by atomic mass is 9.74. The van der Waals surface area contributed by atoms with Crippen molar-refractivity contribution in [2.24, 2.45) is 11.7 Å². The first-order valence-corrected chi connectivity index (χ1v) is 9.75. The summed E-state index contributed by atoms with van der Waals surface area (Å²) in [6, 6.07) is 8.63. The van der Waals surface area contributed by atoms with Gasteiger partial charge < -0.3 is 15.8 Å². The minimum absolute atomic E-state index is 0.0333. The van der Waals surface area contributed by atoms with E-state index in [4.69, 9.17) is 10.5 Å². The maximum Gasteiger partial charge on any atom is 0.223 e. The molecule has 1 aromatic carbocycles. The number of carbonyl (C=O) groups excluding carboxylic acids is 1. The van der Waals surface area contributed by atoms with Crippen molar-refractivity contribution in [1.29, 1.82) is 0 Å². The van der Waals surface area contributed by atoms with Gasteiger partial charge in [0.2, 0.25) is 5.91 Å². The Bertz CT molecular complexity index is 572. The molecule has 1 aromatic rings. The van der Waals surface area contributed by atoms with Gasteiger partial charge in [-0.2, -0.15) is 0 Å². The SMILES string of the molecule is NC1CCCC(C(=O)NCC2(c3cccc(Br)c3)CCOCC2)C1. The fraction of sp³-hybridized carbons (Fsp3) is 0.632. The van der Waals surface area contributed by atoms with Crippen molar-refractivity contribution < 1.29 is 9.53 Å². The lowest BCUT2D eigenvalue weighted by Crippen LogP contribution is -2.47. The zero-order valence-electron chi connectivity index (χ0n) is 14.1. The van der Waals surface area contributed by atoms with Crippen molar-refractivity contribution >= 4 is 21.8 Å². The molecule has 24 heavy (non-hydrogen) atoms. The van der Waals surface area contributed by atoms with E-state index in [1.54, 1.807) is 0 Å². The van der Waals surface area contributed by atoms with Crippen molar-refractivity contribution in [3.63, 3.8) is 0 Å². The van der Waals surface area contributed by atoms with E-state index in [-0.39, 0.29) is 23.3 Å². The van der Waals surface area contributed by atoms with Gasteiger partial charge in [-0.3, -0.25) is 4.79 Å². The molecule has 4 nitrogen and oxygen atoms in total. The van der Waals surface area contributed by atoms with E-state index >= 15 is 0 Å². The van der Waals surface area contributed by atoms with Crippen molar-refractivity contribution in [3.8, 4) is 0 Å². The molecule has 1 heterocycles. The number of halogens is 1. The molecule has 0 radical (unpaired) electrons. The summed E-state index contributed by atoms with van der Waals surface area (Å²) >= 11 is 3.57. The monoisotopic (exact) mass is 394 g/mol. The first-order valence-electron chi connectivity index (χ1n) is 8.96. The largest absolute Gasteiger partial charge is 0.381 e. The molecule has 1 saturated heterocycles. The number of carbonyl (C=O) groups is 1. The van der Waals surface area contributed by atoms with E-state index in [1.807, 2.05) is 6.07 Å². The van der Waals surface area contributed by atoms with Gasteiger partial charge in [0.05, 0.1) is 0 Å². The molecule has 3 rings (SSSR count). The number of ether oxygens (including phenoxy) is 1. The Balaban J connectivity index is 1.69. The lowest BCUT2D eigenvalue weighted by Gasteiger charge is -2.38. The van der Waals surface area contributed by atoms with E-state index in [1.165, 1.54) is 5.56 Å². The lowest BCUT2D eigenvalue weighted by molar-refractivity contribution is -0.126. The van der Waals surface area contributed by atoms with Gasteiger partial charge >= 0.3 is 0 Å². The Morgan fingerprint density at radius 2 is 2.12 bits per heavy atom. The molecule has 3 N–H and O–H groups in total. The molecule has 1 amide bonds. The van der Waals surface area contributed by atoms with Crippen LogP contribution in [0.3, 0.4) is 0 Å². The molecule has 5 heteroatoms. The molecule has 132 valence electrons. The summed E-state index contributed by atoms with van der Waals surface area (Å²) in [5.41, 5.74) is 7.28. The van der Waals surface area contributed by atoms with Crippen LogP contribution in [0.5, 0.6) is 0 Å². The maximum absolute atomic E-state index is 12.6. The zero-order valence-corrected chi connectivity index (χ0v) is 15.7. The molecular weight excluding hydrogens is 368 g/mol. The molecule has 1 aliphatic heterocycles. The van der Waals surface area contributed by atoms with Gasteiger partial charge in [-0.05, 0) is 49.8 Å². The van der Waals surface area contributed by atoms with Crippen LogP contribution in [0.15, 0.2) is 28.7 Å². The fourth-order valence-corrected chi connectivity index (χ4v) is 4.41. The summed E-state index contributed by atoms with van der Waals surface area (Å²) in [5, 5.41) is 3.24. The van der Waals surface area contributed by atoms with Gasteiger partial charge in [0, 0.05) is 41.6 Å². The highest BCUT2D eigenvalue weighted by Crippen LogP contribution is 2.35. The van der Waals surface area contributed by atoms with Crippen LogP contribution >= 0.6 is 15.9 Å². The smallest absolute Gasteiger partial charge is 0.223 e. The Morgan fingerprint density at radius 3 is 2.83 bits per heavy atom. The van der Waals surface area contributed by atoms with Gasteiger partial charge in [0.15, 0.2) is 0 Å². The van der Waals surface area contributed by atoms with E-state index < -0.39 is 0 Å². The second-order valence-electron chi connectivity index (χ2n) is 7.24. The van der Waals surface area contributed by atoms with Gasteiger partial charge in [-0.25, -0.2) is 0 Å². The number of hydrogen-bond acceptors (Lipinski definition) is 3. The summed E-state index contributed by atoms with van der Waals surface area (Å²) in [6.45, 7) is 2.17. The van der Waals surface area contributed by atoms with Crippen molar-refractivity contribution in [2.45, 2.75) is 50.0 Å². The van der Waals surface area contributed by atoms with Crippen LogP contribution in [-0.4, -0.2) is 31.7 Å². The zero-order chi connectivity index (χ0) is 17.0. The minimum atomic E-state index is -0.0333. The molecule has 2 aliphatic rings. The summed E-state index contributed by atoms with van der Waals surface area (Å²) in [6.07, 6.45) is 5.76. The van der Waals surface area contributed by atoms with Gasteiger partial charge in [-0.1, -0.05) is 34.5 Å². The topological polar surface area (TPSA) is 64.4 Å². The van der Waals surface area contributed by atoms with Gasteiger partial charge in [0.25, 0.3) is 0 Å². The normalized spacial score (nSPS) is 26.8. The molecule has 1 saturated carbocycles. The van der Waals surface area contributed by atoms with Crippen LogP contribution in [0.4, 0.5) is 0 Å². The molecule has 2 unspecified atom stereocenters. The molecule has 0 spiro atoms. The fourth-order valence-electron chi connectivity index (χ4n) is 4.01. The van der Waals surface area contributed by atoms with E-state index in [2.05, 4.69) is 39.4 Å². The van der Waals surface area contributed by atoms with E-state index in [0.29, 0.717) is 6.54 Å². The number of amides is 1. The third kappa shape index (κ3) is 4.19. The number of nitrogens with one attached hydrogen (secondary N) is 1.